The van der Waals surface area contributed by atoms with Crippen LogP contribution in [0.5, 0.6) is 5.88 Å². The first-order chi connectivity index (χ1) is 14.5. The van der Waals surface area contributed by atoms with Gasteiger partial charge in [-0.1, -0.05) is 18.2 Å². The van der Waals surface area contributed by atoms with Crippen LogP contribution >= 0.6 is 0 Å². The standard InChI is InChI=1S/C23H31N3O4S/c1-23(2,3)30-22-19(24-11-12-25-22)16-26-13-9-17(10-14-26)20(27)15-18-7-5-6-8-21(18)31(4,28)29/h5-8,11-12,17H,9-10,13-16H2,1-4H3. The summed E-state index contributed by atoms with van der Waals surface area (Å²) in [7, 11) is -3.36. The highest BCUT2D eigenvalue weighted by molar-refractivity contribution is 7.90. The number of carbonyl (C=O) groups is 1. The van der Waals surface area contributed by atoms with Crippen LogP contribution in [0.15, 0.2) is 41.6 Å². The number of hydrogen-bond donors (Lipinski definition) is 0. The van der Waals surface area contributed by atoms with Gasteiger partial charge in [-0.3, -0.25) is 14.7 Å². The van der Waals surface area contributed by atoms with E-state index in [0.717, 1.165) is 31.6 Å². The van der Waals surface area contributed by atoms with E-state index in [1.165, 1.54) is 6.26 Å². The van der Waals surface area contributed by atoms with E-state index in [1.807, 2.05) is 20.8 Å². The number of rotatable bonds is 7. The van der Waals surface area contributed by atoms with Crippen LogP contribution in [0.4, 0.5) is 0 Å². The Labute approximate surface area is 184 Å². The predicted molar refractivity (Wildman–Crippen MR) is 119 cm³/mol. The summed E-state index contributed by atoms with van der Waals surface area (Å²) >= 11 is 0. The van der Waals surface area contributed by atoms with Crippen molar-refractivity contribution in [2.45, 2.75) is 57.1 Å². The largest absolute Gasteiger partial charge is 0.471 e. The first kappa shape index (κ1) is 23.3. The fourth-order valence-corrected chi connectivity index (χ4v) is 4.75. The van der Waals surface area contributed by atoms with Crippen molar-refractivity contribution in [3.8, 4) is 5.88 Å². The molecule has 8 heteroatoms. The molecule has 1 aromatic carbocycles. The van der Waals surface area contributed by atoms with Crippen molar-refractivity contribution < 1.29 is 17.9 Å². The van der Waals surface area contributed by atoms with Gasteiger partial charge in [0, 0.05) is 37.5 Å². The Kier molecular flexibility index (Phi) is 7.11. The van der Waals surface area contributed by atoms with Gasteiger partial charge < -0.3 is 4.74 Å². The van der Waals surface area contributed by atoms with Crippen LogP contribution < -0.4 is 4.74 Å². The number of piperidine rings is 1. The van der Waals surface area contributed by atoms with Crippen molar-refractivity contribution in [1.82, 2.24) is 14.9 Å². The minimum atomic E-state index is -3.36. The van der Waals surface area contributed by atoms with Gasteiger partial charge in [0.2, 0.25) is 5.88 Å². The average Bonchev–Trinajstić information content (AvgIpc) is 2.68. The van der Waals surface area contributed by atoms with Crippen LogP contribution in [0.3, 0.4) is 0 Å². The van der Waals surface area contributed by atoms with Crippen LogP contribution in [0.2, 0.25) is 0 Å². The number of ether oxygens (including phenoxy) is 1. The second-order valence-corrected chi connectivity index (χ2v) is 11.1. The van der Waals surface area contributed by atoms with Crippen molar-refractivity contribution in [2.24, 2.45) is 5.92 Å². The van der Waals surface area contributed by atoms with Crippen molar-refractivity contribution in [3.05, 3.63) is 47.9 Å². The molecule has 1 saturated heterocycles. The lowest BCUT2D eigenvalue weighted by Gasteiger charge is -2.31. The molecule has 1 aliphatic rings. The van der Waals surface area contributed by atoms with Gasteiger partial charge in [0.1, 0.15) is 17.1 Å². The summed E-state index contributed by atoms with van der Waals surface area (Å²) < 4.78 is 29.9. The van der Waals surface area contributed by atoms with Crippen LogP contribution in [0, 0.1) is 5.92 Å². The lowest BCUT2D eigenvalue weighted by molar-refractivity contribution is -0.123. The van der Waals surface area contributed by atoms with E-state index < -0.39 is 9.84 Å². The number of sulfone groups is 1. The summed E-state index contributed by atoms with van der Waals surface area (Å²) in [5.74, 6) is 0.591. The highest BCUT2D eigenvalue weighted by atomic mass is 32.2. The summed E-state index contributed by atoms with van der Waals surface area (Å²) in [6.45, 7) is 8.10. The van der Waals surface area contributed by atoms with Crippen LogP contribution in [-0.4, -0.2) is 54.0 Å². The topological polar surface area (TPSA) is 89.5 Å². The minimum Gasteiger partial charge on any atom is -0.471 e. The molecule has 1 aromatic heterocycles. The Bertz CT molecular complexity index is 1020. The van der Waals surface area contributed by atoms with Crippen LogP contribution in [-0.2, 0) is 27.6 Å². The molecule has 1 aliphatic heterocycles. The number of nitrogens with zero attached hydrogens (tertiary/aromatic N) is 3. The van der Waals surface area contributed by atoms with Gasteiger partial charge in [0.25, 0.3) is 0 Å². The molecule has 0 N–H and O–H groups in total. The zero-order valence-electron chi connectivity index (χ0n) is 18.7. The van der Waals surface area contributed by atoms with Gasteiger partial charge in [-0.05, 0) is 58.3 Å². The SMILES string of the molecule is CC(C)(C)Oc1nccnc1CN1CCC(C(=O)Cc2ccccc2S(C)(=O)=O)CC1. The quantitative estimate of drug-likeness (QED) is 0.647. The number of benzene rings is 1. The molecule has 3 rings (SSSR count). The number of ketones is 1. The maximum atomic E-state index is 12.9. The first-order valence-electron chi connectivity index (χ1n) is 10.5. The zero-order chi connectivity index (χ0) is 22.6. The molecule has 31 heavy (non-hydrogen) atoms. The molecule has 2 aromatic rings. The van der Waals surface area contributed by atoms with E-state index in [0.29, 0.717) is 18.0 Å². The molecule has 168 valence electrons. The van der Waals surface area contributed by atoms with Gasteiger partial charge in [-0.25, -0.2) is 13.4 Å². The molecule has 0 saturated carbocycles. The molecule has 1 fully saturated rings. The first-order valence-corrected chi connectivity index (χ1v) is 12.4. The van der Waals surface area contributed by atoms with Crippen molar-refractivity contribution in [2.75, 3.05) is 19.3 Å². The molecule has 0 amide bonds. The third kappa shape index (κ3) is 6.58. The molecule has 0 unspecified atom stereocenters. The lowest BCUT2D eigenvalue weighted by atomic mass is 9.89. The van der Waals surface area contributed by atoms with E-state index >= 15 is 0 Å². The monoisotopic (exact) mass is 445 g/mol. The number of hydrogen-bond acceptors (Lipinski definition) is 7. The smallest absolute Gasteiger partial charge is 0.237 e. The van der Waals surface area contributed by atoms with Gasteiger partial charge in [-0.2, -0.15) is 0 Å². The van der Waals surface area contributed by atoms with Gasteiger partial charge in [0.05, 0.1) is 4.90 Å². The summed E-state index contributed by atoms with van der Waals surface area (Å²) in [6, 6.07) is 6.76. The number of likely N-dealkylation sites (tertiary alicyclic amines) is 1. The Hall–Kier alpha value is -2.32. The van der Waals surface area contributed by atoms with E-state index in [4.69, 9.17) is 4.74 Å². The van der Waals surface area contributed by atoms with Crippen molar-refractivity contribution in [1.29, 1.82) is 0 Å². The maximum Gasteiger partial charge on any atom is 0.237 e. The third-order valence-corrected chi connectivity index (χ3v) is 6.49. The van der Waals surface area contributed by atoms with Gasteiger partial charge in [0.15, 0.2) is 9.84 Å². The van der Waals surface area contributed by atoms with E-state index in [-0.39, 0.29) is 28.6 Å². The number of Topliss-reactive ketones (excluding diaryl/α,β-unsaturated/α-hetero) is 1. The minimum absolute atomic E-state index is 0.0592. The summed E-state index contributed by atoms with van der Waals surface area (Å²) in [6.07, 6.45) is 6.12. The van der Waals surface area contributed by atoms with Crippen molar-refractivity contribution in [3.63, 3.8) is 0 Å². The van der Waals surface area contributed by atoms with Crippen molar-refractivity contribution >= 4 is 15.6 Å². The summed E-state index contributed by atoms with van der Waals surface area (Å²) in [5.41, 5.74) is 1.03. The molecule has 2 heterocycles. The zero-order valence-corrected chi connectivity index (χ0v) is 19.5. The molecule has 0 atom stereocenters. The Morgan fingerprint density at radius 1 is 1.13 bits per heavy atom. The van der Waals surface area contributed by atoms with E-state index in [1.54, 1.807) is 36.7 Å². The molecule has 0 spiro atoms. The maximum absolute atomic E-state index is 12.9. The second kappa shape index (κ2) is 9.44. The predicted octanol–water partition coefficient (Wildman–Crippen LogP) is 3.08. The molecular formula is C23H31N3O4S. The molecule has 0 aliphatic carbocycles. The van der Waals surface area contributed by atoms with E-state index in [2.05, 4.69) is 14.9 Å². The van der Waals surface area contributed by atoms with Crippen LogP contribution in [0.1, 0.15) is 44.9 Å². The Balaban J connectivity index is 1.59. The molecule has 0 bridgehead atoms. The third-order valence-electron chi connectivity index (χ3n) is 5.29. The van der Waals surface area contributed by atoms with Gasteiger partial charge >= 0.3 is 0 Å². The Morgan fingerprint density at radius 3 is 2.42 bits per heavy atom. The Morgan fingerprint density at radius 2 is 1.77 bits per heavy atom. The average molecular weight is 446 g/mol. The van der Waals surface area contributed by atoms with E-state index in [9.17, 15) is 13.2 Å². The number of aromatic nitrogens is 2. The summed E-state index contributed by atoms with van der Waals surface area (Å²) in [5, 5.41) is 0. The second-order valence-electron chi connectivity index (χ2n) is 9.10. The fraction of sp³-hybridized carbons (Fsp3) is 0.522. The highest BCUT2D eigenvalue weighted by Gasteiger charge is 2.27. The summed E-state index contributed by atoms with van der Waals surface area (Å²) in [4.78, 5) is 24.1. The molecular weight excluding hydrogens is 414 g/mol. The number of carbonyl (C=O) groups excluding carboxylic acids is 1. The molecule has 0 radical (unpaired) electrons. The van der Waals surface area contributed by atoms with Crippen LogP contribution in [0.25, 0.3) is 0 Å². The van der Waals surface area contributed by atoms with Gasteiger partial charge in [-0.15, -0.1) is 0 Å². The highest BCUT2D eigenvalue weighted by Crippen LogP contribution is 2.25. The normalized spacial score (nSPS) is 16.3. The molecule has 7 nitrogen and oxygen atoms in total. The fourth-order valence-electron chi connectivity index (χ4n) is 3.81. The lowest BCUT2D eigenvalue weighted by Crippen LogP contribution is -2.37.